The summed E-state index contributed by atoms with van der Waals surface area (Å²) in [6.07, 6.45) is 3.70. The molecular weight excluding hydrogens is 522 g/mol. The topological polar surface area (TPSA) is 88.5 Å². The molecule has 204 valence electrons. The Morgan fingerprint density at radius 1 is 1.05 bits per heavy atom. The average Bonchev–Trinajstić information content (AvgIpc) is 3.58. The zero-order valence-electron chi connectivity index (χ0n) is 22.8. The third-order valence-corrected chi connectivity index (χ3v) is 7.34. The molecule has 2 aromatic carbocycles. The summed E-state index contributed by atoms with van der Waals surface area (Å²) >= 11 is 5.91. The molecule has 1 fully saturated rings. The maximum atomic E-state index is 12.7. The van der Waals surface area contributed by atoms with E-state index in [-0.39, 0.29) is 23.9 Å². The Morgan fingerprint density at radius 2 is 1.82 bits per heavy atom. The molecule has 4 aromatic rings. The second kappa shape index (κ2) is 11.3. The third-order valence-electron chi connectivity index (χ3n) is 7.02. The van der Waals surface area contributed by atoms with Gasteiger partial charge >= 0.3 is 5.97 Å². The molecule has 1 amide bonds. The van der Waals surface area contributed by atoms with Crippen LogP contribution in [0, 0.1) is 12.8 Å². The number of aryl methyl sites for hydroxylation is 1. The van der Waals surface area contributed by atoms with Crippen LogP contribution in [-0.4, -0.2) is 33.6 Å². The van der Waals surface area contributed by atoms with Gasteiger partial charge in [0.2, 0.25) is 5.91 Å². The van der Waals surface area contributed by atoms with Crippen LogP contribution in [0.3, 0.4) is 0 Å². The van der Waals surface area contributed by atoms with Crippen molar-refractivity contribution in [1.29, 1.82) is 0 Å². The number of carbonyl (C=O) groups is 2. The molecule has 1 aliphatic rings. The second-order valence-corrected chi connectivity index (χ2v) is 10.3. The van der Waals surface area contributed by atoms with Crippen LogP contribution in [0.15, 0.2) is 85.2 Å². The molecule has 5 rings (SSSR count). The first kappa shape index (κ1) is 27.1. The number of pyridine rings is 1. The van der Waals surface area contributed by atoms with Crippen LogP contribution in [0.4, 0.5) is 11.4 Å². The van der Waals surface area contributed by atoms with Crippen molar-refractivity contribution < 1.29 is 14.3 Å². The summed E-state index contributed by atoms with van der Waals surface area (Å²) in [6.45, 7) is 5.69. The SMILES string of the molecule is COC(=O)c1ccccc1-n1cccc1[C@H]1[C@@H](c2ccccn2)NC(=S)N1c1ccc(NC(=O)C(C)C)c(C)c1. The van der Waals surface area contributed by atoms with Gasteiger partial charge in [-0.3, -0.25) is 9.78 Å². The van der Waals surface area contributed by atoms with Crippen molar-refractivity contribution in [3.05, 3.63) is 108 Å². The first-order chi connectivity index (χ1) is 19.3. The van der Waals surface area contributed by atoms with Gasteiger partial charge in [0.15, 0.2) is 5.11 Å². The molecular formula is C31H31N5O3S. The van der Waals surface area contributed by atoms with Crippen molar-refractivity contribution in [1.82, 2.24) is 14.9 Å². The average molecular weight is 554 g/mol. The van der Waals surface area contributed by atoms with E-state index in [4.69, 9.17) is 17.0 Å². The lowest BCUT2D eigenvalue weighted by atomic mass is 10.00. The maximum absolute atomic E-state index is 12.7. The van der Waals surface area contributed by atoms with E-state index in [0.717, 1.165) is 28.3 Å². The quantitative estimate of drug-likeness (QED) is 0.223. The number of benzene rings is 2. The zero-order valence-corrected chi connectivity index (χ0v) is 23.6. The molecule has 2 aromatic heterocycles. The van der Waals surface area contributed by atoms with Gasteiger partial charge in [-0.05, 0) is 79.3 Å². The predicted molar refractivity (Wildman–Crippen MR) is 160 cm³/mol. The van der Waals surface area contributed by atoms with Crippen LogP contribution in [0.2, 0.25) is 0 Å². The van der Waals surface area contributed by atoms with Crippen LogP contribution in [-0.2, 0) is 9.53 Å². The van der Waals surface area contributed by atoms with Crippen LogP contribution in [0.25, 0.3) is 5.69 Å². The van der Waals surface area contributed by atoms with Crippen molar-refractivity contribution in [2.75, 3.05) is 17.3 Å². The highest BCUT2D eigenvalue weighted by atomic mass is 32.1. The van der Waals surface area contributed by atoms with E-state index in [1.54, 1.807) is 12.3 Å². The molecule has 0 spiro atoms. The number of nitrogens with zero attached hydrogens (tertiary/aromatic N) is 3. The zero-order chi connectivity index (χ0) is 28.4. The van der Waals surface area contributed by atoms with E-state index in [2.05, 4.69) is 20.5 Å². The number of aromatic nitrogens is 2. The molecule has 0 unspecified atom stereocenters. The van der Waals surface area contributed by atoms with Gasteiger partial charge in [0.1, 0.15) is 6.04 Å². The minimum Gasteiger partial charge on any atom is -0.465 e. The van der Waals surface area contributed by atoms with E-state index in [0.29, 0.717) is 16.4 Å². The number of esters is 1. The summed E-state index contributed by atoms with van der Waals surface area (Å²) < 4.78 is 7.07. The standard InChI is InChI=1S/C31H31N5O3S/c1-19(2)29(37)33-23-15-14-21(18-20(23)3)36-28(27(34-31(36)40)24-11-7-8-16-32-24)26-13-9-17-35(26)25-12-6-5-10-22(25)30(38)39-4/h5-19,27-28H,1-4H3,(H,33,37)(H,34,40)/t27-,28+/m1/s1. The summed E-state index contributed by atoms with van der Waals surface area (Å²) in [4.78, 5) is 31.7. The van der Waals surface area contributed by atoms with Crippen LogP contribution < -0.4 is 15.5 Å². The molecule has 2 atom stereocenters. The van der Waals surface area contributed by atoms with Crippen LogP contribution >= 0.6 is 12.2 Å². The van der Waals surface area contributed by atoms with Crippen LogP contribution in [0.1, 0.15) is 53.2 Å². The third kappa shape index (κ3) is 5.08. The second-order valence-electron chi connectivity index (χ2n) is 9.95. The number of nitrogens with one attached hydrogen (secondary N) is 2. The monoisotopic (exact) mass is 553 g/mol. The number of carbonyl (C=O) groups excluding carboxylic acids is 2. The van der Waals surface area contributed by atoms with Crippen molar-refractivity contribution in [3.8, 4) is 5.69 Å². The number of anilines is 2. The number of amides is 1. The number of rotatable bonds is 7. The van der Waals surface area contributed by atoms with E-state index >= 15 is 0 Å². The first-order valence-corrected chi connectivity index (χ1v) is 13.5. The van der Waals surface area contributed by atoms with Gasteiger partial charge < -0.3 is 24.8 Å². The van der Waals surface area contributed by atoms with Gasteiger partial charge in [-0.1, -0.05) is 32.0 Å². The summed E-state index contributed by atoms with van der Waals surface area (Å²) in [5.74, 6) is -0.578. The Kier molecular flexibility index (Phi) is 7.66. The summed E-state index contributed by atoms with van der Waals surface area (Å²) in [7, 11) is 1.38. The Morgan fingerprint density at radius 3 is 2.52 bits per heavy atom. The van der Waals surface area contributed by atoms with Gasteiger partial charge in [0, 0.05) is 35.4 Å². The first-order valence-electron chi connectivity index (χ1n) is 13.1. The number of para-hydroxylation sites is 1. The highest BCUT2D eigenvalue weighted by Crippen LogP contribution is 2.43. The van der Waals surface area contributed by atoms with E-state index in [9.17, 15) is 9.59 Å². The highest BCUT2D eigenvalue weighted by Gasteiger charge is 2.42. The molecule has 0 saturated carbocycles. The highest BCUT2D eigenvalue weighted by molar-refractivity contribution is 7.80. The molecule has 0 bridgehead atoms. The molecule has 40 heavy (non-hydrogen) atoms. The lowest BCUT2D eigenvalue weighted by Gasteiger charge is -2.29. The van der Waals surface area contributed by atoms with Gasteiger partial charge in [0.25, 0.3) is 0 Å². The van der Waals surface area contributed by atoms with Gasteiger partial charge in [-0.15, -0.1) is 0 Å². The number of hydrogen-bond acceptors (Lipinski definition) is 5. The van der Waals surface area contributed by atoms with Crippen molar-refractivity contribution >= 4 is 40.6 Å². The smallest absolute Gasteiger partial charge is 0.339 e. The van der Waals surface area contributed by atoms with Crippen molar-refractivity contribution in [2.24, 2.45) is 5.92 Å². The van der Waals surface area contributed by atoms with E-state index < -0.39 is 5.97 Å². The molecule has 1 saturated heterocycles. The molecule has 9 heteroatoms. The Balaban J connectivity index is 1.63. The van der Waals surface area contributed by atoms with Gasteiger partial charge in [-0.2, -0.15) is 0 Å². The molecule has 1 aliphatic heterocycles. The van der Waals surface area contributed by atoms with Gasteiger partial charge in [-0.25, -0.2) is 4.79 Å². The fourth-order valence-electron chi connectivity index (χ4n) is 4.97. The molecule has 3 heterocycles. The molecule has 8 nitrogen and oxygen atoms in total. The van der Waals surface area contributed by atoms with Gasteiger partial charge in [0.05, 0.1) is 30.1 Å². The Labute approximate surface area is 239 Å². The summed E-state index contributed by atoms with van der Waals surface area (Å²) in [5, 5.41) is 7.04. The predicted octanol–water partition coefficient (Wildman–Crippen LogP) is 5.74. The largest absolute Gasteiger partial charge is 0.465 e. The lowest BCUT2D eigenvalue weighted by molar-refractivity contribution is -0.118. The van der Waals surface area contributed by atoms with Crippen molar-refractivity contribution in [2.45, 2.75) is 32.9 Å². The molecule has 0 radical (unpaired) electrons. The van der Waals surface area contributed by atoms with E-state index in [1.807, 2.05) is 98.3 Å². The minimum absolute atomic E-state index is 0.0376. The number of hydrogen-bond donors (Lipinski definition) is 2. The summed E-state index contributed by atoms with van der Waals surface area (Å²) in [6, 6.07) is 22.5. The maximum Gasteiger partial charge on any atom is 0.339 e. The molecule has 0 aliphatic carbocycles. The van der Waals surface area contributed by atoms with Crippen molar-refractivity contribution in [3.63, 3.8) is 0 Å². The normalized spacial score (nSPS) is 16.6. The Hall–Kier alpha value is -4.50. The fourth-order valence-corrected chi connectivity index (χ4v) is 5.32. The lowest BCUT2D eigenvalue weighted by Crippen LogP contribution is -2.30. The fraction of sp³-hybridized carbons (Fsp3) is 0.226. The molecule has 2 N–H and O–H groups in total. The number of ether oxygens (including phenoxy) is 1. The number of methoxy groups -OCH3 is 1. The summed E-state index contributed by atoms with van der Waals surface area (Å²) in [5.41, 5.74) is 5.45. The Bertz CT molecular complexity index is 1570. The minimum atomic E-state index is -0.414. The number of thiocarbonyl (C=S) groups is 1. The van der Waals surface area contributed by atoms with Crippen LogP contribution in [0.5, 0.6) is 0 Å². The van der Waals surface area contributed by atoms with E-state index in [1.165, 1.54) is 7.11 Å².